The van der Waals surface area contributed by atoms with Crippen LogP contribution in [0, 0.1) is 0 Å². The largest absolute Gasteiger partial charge is 0.416 e. The molecule has 0 aromatic carbocycles. The van der Waals surface area contributed by atoms with Crippen molar-refractivity contribution in [1.82, 2.24) is 19.8 Å². The predicted molar refractivity (Wildman–Crippen MR) is 105 cm³/mol. The average Bonchev–Trinajstić information content (AvgIpc) is 2.74. The van der Waals surface area contributed by atoms with Crippen molar-refractivity contribution in [2.24, 2.45) is 0 Å². The molecule has 12 heteroatoms. The lowest BCUT2D eigenvalue weighted by atomic mass is 10.5. The first-order chi connectivity index (χ1) is 14.5. The van der Waals surface area contributed by atoms with Gasteiger partial charge in [-0.15, -0.1) is 0 Å². The third-order valence-electron chi connectivity index (χ3n) is 3.78. The minimum Gasteiger partial charge on any atom is -0.391 e. The number of nitrogens with zero attached hydrogens (tertiary/aromatic N) is 4. The maximum atomic E-state index is 12.4. The van der Waals surface area contributed by atoms with Crippen LogP contribution in [0.2, 0.25) is 0 Å². The fraction of sp³-hybridized carbons (Fsp3) is 0.667. The maximum absolute atomic E-state index is 12.4. The highest BCUT2D eigenvalue weighted by atomic mass is 16.6. The summed E-state index contributed by atoms with van der Waals surface area (Å²) in [7, 11) is 6.14. The van der Waals surface area contributed by atoms with Gasteiger partial charge in [-0.25, -0.2) is 19.6 Å². The van der Waals surface area contributed by atoms with E-state index in [1.807, 2.05) is 0 Å². The highest BCUT2D eigenvalue weighted by molar-refractivity contribution is 5.71. The number of ether oxygens (including phenoxy) is 6. The fourth-order valence-electron chi connectivity index (χ4n) is 2.14. The van der Waals surface area contributed by atoms with Crippen LogP contribution in [0.3, 0.4) is 0 Å². The first-order valence-corrected chi connectivity index (χ1v) is 9.27. The molecule has 1 heterocycles. The second-order valence-electron chi connectivity index (χ2n) is 5.88. The number of amides is 2. The predicted octanol–water partition coefficient (Wildman–Crippen LogP) is 0.664. The van der Waals surface area contributed by atoms with Crippen molar-refractivity contribution < 1.29 is 38.0 Å². The van der Waals surface area contributed by atoms with Gasteiger partial charge >= 0.3 is 12.2 Å². The third kappa shape index (κ3) is 9.78. The van der Waals surface area contributed by atoms with Crippen molar-refractivity contribution in [3.05, 3.63) is 12.4 Å². The Bertz CT molecular complexity index is 569. The SMILES string of the molecule is COCCN(CCOC)C(=O)Oc1cc(OC(=O)N(CCOC)CCOC)ncn1. The molecular formula is C18H30N4O8. The number of methoxy groups -OCH3 is 4. The van der Waals surface area contributed by atoms with E-state index in [1.165, 1.54) is 44.3 Å². The second kappa shape index (κ2) is 15.3. The molecule has 30 heavy (non-hydrogen) atoms. The minimum atomic E-state index is -0.637. The summed E-state index contributed by atoms with van der Waals surface area (Å²) >= 11 is 0. The minimum absolute atomic E-state index is 0.0574. The Balaban J connectivity index is 2.75. The summed E-state index contributed by atoms with van der Waals surface area (Å²) in [5, 5.41) is 0. The van der Waals surface area contributed by atoms with Gasteiger partial charge in [-0.05, 0) is 0 Å². The van der Waals surface area contributed by atoms with E-state index in [1.54, 1.807) is 0 Å². The van der Waals surface area contributed by atoms with Crippen LogP contribution in [0.5, 0.6) is 11.8 Å². The van der Waals surface area contributed by atoms with Crippen molar-refractivity contribution in [3.63, 3.8) is 0 Å². The Kier molecular flexibility index (Phi) is 13.0. The first kappa shape index (κ1) is 25.5. The van der Waals surface area contributed by atoms with E-state index in [0.29, 0.717) is 52.6 Å². The molecule has 0 unspecified atom stereocenters. The number of carbonyl (C=O) groups excluding carboxylic acids is 2. The van der Waals surface area contributed by atoms with Gasteiger partial charge in [0.15, 0.2) is 0 Å². The van der Waals surface area contributed by atoms with E-state index < -0.39 is 12.2 Å². The topological polar surface area (TPSA) is 122 Å². The van der Waals surface area contributed by atoms with Gasteiger partial charge in [0.1, 0.15) is 6.33 Å². The summed E-state index contributed by atoms with van der Waals surface area (Å²) in [5.41, 5.74) is 0. The van der Waals surface area contributed by atoms with Crippen LogP contribution < -0.4 is 9.47 Å². The average molecular weight is 430 g/mol. The Morgan fingerprint density at radius 3 is 1.33 bits per heavy atom. The summed E-state index contributed by atoms with van der Waals surface area (Å²) in [6.45, 7) is 2.63. The Morgan fingerprint density at radius 2 is 1.03 bits per heavy atom. The van der Waals surface area contributed by atoms with Crippen molar-refractivity contribution in [2.75, 3.05) is 81.0 Å². The van der Waals surface area contributed by atoms with Crippen molar-refractivity contribution >= 4 is 12.2 Å². The molecule has 0 aliphatic rings. The zero-order chi connectivity index (χ0) is 22.2. The molecule has 0 aliphatic heterocycles. The van der Waals surface area contributed by atoms with Crippen LogP contribution in [0.4, 0.5) is 9.59 Å². The van der Waals surface area contributed by atoms with Gasteiger partial charge in [-0.3, -0.25) is 0 Å². The quantitative estimate of drug-likeness (QED) is 0.416. The maximum Gasteiger partial charge on any atom is 0.416 e. The summed E-state index contributed by atoms with van der Waals surface area (Å²) in [4.78, 5) is 35.4. The van der Waals surface area contributed by atoms with Gasteiger partial charge in [0.25, 0.3) is 0 Å². The van der Waals surface area contributed by atoms with Gasteiger partial charge in [0.05, 0.1) is 32.5 Å². The molecule has 1 aromatic rings. The molecule has 0 saturated carbocycles. The zero-order valence-corrected chi connectivity index (χ0v) is 17.9. The number of hydrogen-bond acceptors (Lipinski definition) is 10. The molecule has 1 aromatic heterocycles. The van der Waals surface area contributed by atoms with Crippen LogP contribution in [0.15, 0.2) is 12.4 Å². The van der Waals surface area contributed by atoms with E-state index in [-0.39, 0.29) is 11.8 Å². The molecule has 0 aliphatic carbocycles. The summed E-state index contributed by atoms with van der Waals surface area (Å²) in [5.74, 6) is -0.115. The van der Waals surface area contributed by atoms with Crippen molar-refractivity contribution in [3.8, 4) is 11.8 Å². The van der Waals surface area contributed by atoms with Crippen LogP contribution in [-0.4, -0.2) is 113 Å². The van der Waals surface area contributed by atoms with Crippen LogP contribution in [-0.2, 0) is 18.9 Å². The van der Waals surface area contributed by atoms with E-state index in [2.05, 4.69) is 9.97 Å². The van der Waals surface area contributed by atoms with E-state index in [0.717, 1.165) is 6.33 Å². The summed E-state index contributed by atoms with van der Waals surface area (Å²) in [6.07, 6.45) is -0.141. The van der Waals surface area contributed by atoms with Crippen LogP contribution >= 0.6 is 0 Å². The monoisotopic (exact) mass is 430 g/mol. The van der Waals surface area contributed by atoms with Gasteiger partial charge in [0.2, 0.25) is 11.8 Å². The molecule has 1 rings (SSSR count). The number of hydrogen-bond donors (Lipinski definition) is 0. The first-order valence-electron chi connectivity index (χ1n) is 9.27. The number of rotatable bonds is 14. The lowest BCUT2D eigenvalue weighted by Gasteiger charge is -2.21. The van der Waals surface area contributed by atoms with Crippen molar-refractivity contribution in [2.45, 2.75) is 0 Å². The molecule has 12 nitrogen and oxygen atoms in total. The van der Waals surface area contributed by atoms with E-state index >= 15 is 0 Å². The molecule has 0 atom stereocenters. The molecule has 0 radical (unpaired) electrons. The molecule has 0 saturated heterocycles. The van der Waals surface area contributed by atoms with Crippen LogP contribution in [0.25, 0.3) is 0 Å². The van der Waals surface area contributed by atoms with E-state index in [4.69, 9.17) is 28.4 Å². The normalized spacial score (nSPS) is 10.5. The molecule has 2 amide bonds. The van der Waals surface area contributed by atoms with E-state index in [9.17, 15) is 9.59 Å². The van der Waals surface area contributed by atoms with Crippen molar-refractivity contribution in [1.29, 1.82) is 0 Å². The fourth-order valence-corrected chi connectivity index (χ4v) is 2.14. The molecular weight excluding hydrogens is 400 g/mol. The Hall–Kier alpha value is -2.54. The summed E-state index contributed by atoms with van der Waals surface area (Å²) in [6, 6.07) is 1.26. The molecule has 0 fully saturated rings. The highest BCUT2D eigenvalue weighted by Gasteiger charge is 2.19. The van der Waals surface area contributed by atoms with Crippen LogP contribution in [0.1, 0.15) is 0 Å². The highest BCUT2D eigenvalue weighted by Crippen LogP contribution is 2.15. The summed E-state index contributed by atoms with van der Waals surface area (Å²) < 4.78 is 30.5. The van der Waals surface area contributed by atoms with Gasteiger partial charge in [0, 0.05) is 54.6 Å². The number of carbonyl (C=O) groups is 2. The Labute approximate surface area is 176 Å². The van der Waals surface area contributed by atoms with Gasteiger partial charge in [-0.1, -0.05) is 0 Å². The third-order valence-corrected chi connectivity index (χ3v) is 3.78. The molecule has 0 N–H and O–H groups in total. The van der Waals surface area contributed by atoms with Gasteiger partial charge < -0.3 is 38.2 Å². The second-order valence-corrected chi connectivity index (χ2v) is 5.88. The lowest BCUT2D eigenvalue weighted by molar-refractivity contribution is 0.0994. The Morgan fingerprint density at radius 1 is 0.700 bits per heavy atom. The molecule has 0 spiro atoms. The molecule has 170 valence electrons. The molecule has 0 bridgehead atoms. The smallest absolute Gasteiger partial charge is 0.391 e. The standard InChI is InChI=1S/C18H30N4O8/c1-25-9-5-21(6-10-26-2)17(23)29-15-13-16(20-14-19-15)30-18(24)22(7-11-27-3)8-12-28-4/h13-14H,5-12H2,1-4H3. The lowest BCUT2D eigenvalue weighted by Crippen LogP contribution is -2.39. The zero-order valence-electron chi connectivity index (χ0n) is 17.9. The number of aromatic nitrogens is 2. The van der Waals surface area contributed by atoms with Gasteiger partial charge in [-0.2, -0.15) is 0 Å².